The molecule has 0 radical (unpaired) electrons. The van der Waals surface area contributed by atoms with Crippen LogP contribution in [-0.2, 0) is 6.54 Å². The number of hydrogen-bond donors (Lipinski definition) is 1. The lowest BCUT2D eigenvalue weighted by Gasteiger charge is -2.18. The minimum atomic E-state index is -0.214. The molecule has 1 aromatic carbocycles. The zero-order valence-electron chi connectivity index (χ0n) is 11.8. The average Bonchev–Trinajstić information content (AvgIpc) is 3.09. The smallest absolute Gasteiger partial charge is 0.251 e. The first-order valence-electron chi connectivity index (χ1n) is 6.93. The van der Waals surface area contributed by atoms with Gasteiger partial charge in [0.1, 0.15) is 0 Å². The van der Waals surface area contributed by atoms with Gasteiger partial charge in [-0.2, -0.15) is 15.0 Å². The highest BCUT2D eigenvalue weighted by atomic mass is 16.1. The summed E-state index contributed by atoms with van der Waals surface area (Å²) in [6, 6.07) is 12.9. The van der Waals surface area contributed by atoms with Gasteiger partial charge >= 0.3 is 0 Å². The Balaban J connectivity index is 1.81. The van der Waals surface area contributed by atoms with Gasteiger partial charge < -0.3 is 5.32 Å². The minimum Gasteiger partial charge on any atom is -0.343 e. The number of nitrogens with zero attached hydrogens (tertiary/aromatic N) is 4. The number of benzene rings is 1. The van der Waals surface area contributed by atoms with Gasteiger partial charge in [-0.25, -0.2) is 0 Å². The van der Waals surface area contributed by atoms with Crippen LogP contribution in [0.2, 0.25) is 0 Å². The highest BCUT2D eigenvalue weighted by Gasteiger charge is 2.17. The van der Waals surface area contributed by atoms with Crippen molar-refractivity contribution >= 4 is 5.91 Å². The van der Waals surface area contributed by atoms with Gasteiger partial charge in [0.25, 0.3) is 5.91 Å². The molecule has 22 heavy (non-hydrogen) atoms. The maximum Gasteiger partial charge on any atom is 0.251 e. The summed E-state index contributed by atoms with van der Waals surface area (Å²) in [6.45, 7) is 0.466. The molecule has 110 valence electrons. The van der Waals surface area contributed by atoms with Gasteiger partial charge in [0, 0.05) is 18.0 Å². The van der Waals surface area contributed by atoms with Crippen molar-refractivity contribution in [3.63, 3.8) is 0 Å². The summed E-state index contributed by atoms with van der Waals surface area (Å²) in [5, 5.41) is 11.2. The number of nitrogens with one attached hydrogen (secondary N) is 1. The summed E-state index contributed by atoms with van der Waals surface area (Å²) in [7, 11) is 0. The summed E-state index contributed by atoms with van der Waals surface area (Å²) < 4.78 is 0. The second-order valence-electron chi connectivity index (χ2n) is 4.76. The molecule has 1 atom stereocenters. The molecule has 0 bridgehead atoms. The van der Waals surface area contributed by atoms with E-state index >= 15 is 0 Å². The lowest BCUT2D eigenvalue weighted by Crippen LogP contribution is -2.32. The molecule has 0 saturated carbocycles. The Bertz CT molecular complexity index is 713. The zero-order chi connectivity index (χ0) is 15.2. The summed E-state index contributed by atoms with van der Waals surface area (Å²) in [5.41, 5.74) is 1.58. The van der Waals surface area contributed by atoms with Crippen molar-refractivity contribution in [2.24, 2.45) is 0 Å². The van der Waals surface area contributed by atoms with Crippen molar-refractivity contribution in [2.45, 2.75) is 12.6 Å². The Morgan fingerprint density at radius 1 is 1.00 bits per heavy atom. The van der Waals surface area contributed by atoms with E-state index < -0.39 is 0 Å². The lowest BCUT2D eigenvalue weighted by molar-refractivity contribution is 0.0930. The van der Waals surface area contributed by atoms with Gasteiger partial charge in [-0.3, -0.25) is 9.78 Å². The van der Waals surface area contributed by atoms with Gasteiger partial charge in [0.2, 0.25) is 0 Å². The fraction of sp³-hybridized carbons (Fsp3) is 0.125. The maximum absolute atomic E-state index is 12.4. The molecule has 0 aliphatic carbocycles. The third kappa shape index (κ3) is 3.35. The molecule has 1 amide bonds. The topological polar surface area (TPSA) is 72.7 Å². The molecule has 0 aliphatic heterocycles. The number of rotatable bonds is 5. The highest BCUT2D eigenvalue weighted by Crippen LogP contribution is 2.15. The fourth-order valence-corrected chi connectivity index (χ4v) is 2.17. The van der Waals surface area contributed by atoms with Crippen LogP contribution in [0, 0.1) is 0 Å². The number of hydrogen-bond acceptors (Lipinski definition) is 4. The van der Waals surface area contributed by atoms with Crippen molar-refractivity contribution < 1.29 is 4.79 Å². The van der Waals surface area contributed by atoms with Crippen LogP contribution < -0.4 is 5.32 Å². The van der Waals surface area contributed by atoms with Crippen molar-refractivity contribution in [1.82, 2.24) is 25.3 Å². The molecule has 2 heterocycles. The summed E-state index contributed by atoms with van der Waals surface area (Å²) in [5.74, 6) is -0.150. The van der Waals surface area contributed by atoms with Gasteiger partial charge in [-0.15, -0.1) is 0 Å². The molecule has 0 fully saturated rings. The SMILES string of the molecule is O=C(N[C@H](Cn1nccn1)c1ccccc1)c1ccncc1. The molecular formula is C16H15N5O. The molecule has 1 N–H and O–H groups in total. The first-order chi connectivity index (χ1) is 10.8. The van der Waals surface area contributed by atoms with Gasteiger partial charge in [0.15, 0.2) is 0 Å². The molecular weight excluding hydrogens is 278 g/mol. The van der Waals surface area contributed by atoms with E-state index in [0.717, 1.165) is 5.56 Å². The third-order valence-corrected chi connectivity index (χ3v) is 3.26. The molecule has 0 aliphatic rings. The normalized spacial score (nSPS) is 11.8. The molecule has 6 heteroatoms. The Kier molecular flexibility index (Phi) is 4.20. The quantitative estimate of drug-likeness (QED) is 0.779. The number of carbonyl (C=O) groups is 1. The van der Waals surface area contributed by atoms with E-state index in [9.17, 15) is 4.79 Å². The monoisotopic (exact) mass is 293 g/mol. The second kappa shape index (κ2) is 6.62. The van der Waals surface area contributed by atoms with Crippen LogP contribution in [0.25, 0.3) is 0 Å². The Hall–Kier alpha value is -3.02. The van der Waals surface area contributed by atoms with E-state index in [2.05, 4.69) is 20.5 Å². The zero-order valence-corrected chi connectivity index (χ0v) is 11.8. The van der Waals surface area contributed by atoms with Gasteiger partial charge in [-0.1, -0.05) is 30.3 Å². The Morgan fingerprint density at radius 3 is 2.36 bits per heavy atom. The number of carbonyl (C=O) groups excluding carboxylic acids is 1. The fourth-order valence-electron chi connectivity index (χ4n) is 2.17. The van der Waals surface area contributed by atoms with Crippen LogP contribution in [-0.4, -0.2) is 25.9 Å². The molecule has 0 spiro atoms. The molecule has 2 aromatic heterocycles. The van der Waals surface area contributed by atoms with E-state index in [4.69, 9.17) is 0 Å². The molecule has 3 aromatic rings. The van der Waals surface area contributed by atoms with Crippen LogP contribution in [0.5, 0.6) is 0 Å². The molecule has 0 unspecified atom stereocenters. The van der Waals surface area contributed by atoms with E-state index in [1.165, 1.54) is 0 Å². The summed E-state index contributed by atoms with van der Waals surface area (Å²) in [4.78, 5) is 17.8. The largest absolute Gasteiger partial charge is 0.343 e. The first-order valence-corrected chi connectivity index (χ1v) is 6.93. The van der Waals surface area contributed by atoms with E-state index in [-0.39, 0.29) is 11.9 Å². The Labute approximate surface area is 127 Å². The number of amides is 1. The van der Waals surface area contributed by atoms with Gasteiger partial charge in [0.05, 0.1) is 25.0 Å². The van der Waals surface area contributed by atoms with Crippen LogP contribution >= 0.6 is 0 Å². The molecule has 3 rings (SSSR count). The van der Waals surface area contributed by atoms with Crippen molar-refractivity contribution in [3.8, 4) is 0 Å². The van der Waals surface area contributed by atoms with Crippen molar-refractivity contribution in [2.75, 3.05) is 0 Å². The predicted octanol–water partition coefficient (Wildman–Crippen LogP) is 1.84. The highest BCUT2D eigenvalue weighted by molar-refractivity contribution is 5.94. The molecule has 6 nitrogen and oxygen atoms in total. The predicted molar refractivity (Wildman–Crippen MR) is 80.9 cm³/mol. The van der Waals surface area contributed by atoms with Crippen molar-refractivity contribution in [1.29, 1.82) is 0 Å². The summed E-state index contributed by atoms with van der Waals surface area (Å²) >= 11 is 0. The minimum absolute atomic E-state index is 0.150. The standard InChI is InChI=1S/C16H15N5O/c22-16(14-6-8-17-9-7-14)20-15(12-21-18-10-11-19-21)13-4-2-1-3-5-13/h1-11,15H,12H2,(H,20,22)/t15-/m1/s1. The average molecular weight is 293 g/mol. The Morgan fingerprint density at radius 2 is 1.68 bits per heavy atom. The summed E-state index contributed by atoms with van der Waals surface area (Å²) in [6.07, 6.45) is 6.43. The van der Waals surface area contributed by atoms with E-state index in [0.29, 0.717) is 12.1 Å². The second-order valence-corrected chi connectivity index (χ2v) is 4.76. The van der Waals surface area contributed by atoms with E-state index in [1.54, 1.807) is 41.7 Å². The van der Waals surface area contributed by atoms with Gasteiger partial charge in [-0.05, 0) is 17.7 Å². The lowest BCUT2D eigenvalue weighted by atomic mass is 10.1. The first kappa shape index (κ1) is 13.9. The van der Waals surface area contributed by atoms with Crippen LogP contribution in [0.3, 0.4) is 0 Å². The van der Waals surface area contributed by atoms with Crippen molar-refractivity contribution in [3.05, 3.63) is 78.4 Å². The van der Waals surface area contributed by atoms with E-state index in [1.807, 2.05) is 30.3 Å². The number of aromatic nitrogens is 4. The van der Waals surface area contributed by atoms with Crippen LogP contribution in [0.4, 0.5) is 0 Å². The van der Waals surface area contributed by atoms with Crippen LogP contribution in [0.1, 0.15) is 22.0 Å². The van der Waals surface area contributed by atoms with Crippen LogP contribution in [0.15, 0.2) is 67.3 Å². The maximum atomic E-state index is 12.4. The molecule has 0 saturated heterocycles. The third-order valence-electron chi connectivity index (χ3n) is 3.26. The number of pyridine rings is 1.